The SMILES string of the molecule is CCOC(=O)c1c(C)oc(NC(=O)C(CC)n2c(N)nnc2SCC(=O)OC)c1C(=O)OCC. The number of nitrogens with zero attached hydrogens (tertiary/aromatic N) is 3. The Morgan fingerprint density at radius 2 is 1.71 bits per heavy atom. The molecular weight excluding hydrogens is 470 g/mol. The highest BCUT2D eigenvalue weighted by molar-refractivity contribution is 7.99. The smallest absolute Gasteiger partial charge is 0.344 e. The van der Waals surface area contributed by atoms with Crippen molar-refractivity contribution in [3.05, 3.63) is 16.9 Å². The van der Waals surface area contributed by atoms with Crippen LogP contribution >= 0.6 is 11.8 Å². The molecule has 186 valence electrons. The minimum atomic E-state index is -0.929. The van der Waals surface area contributed by atoms with Gasteiger partial charge in [0.2, 0.25) is 17.7 Å². The molecule has 2 aromatic rings. The van der Waals surface area contributed by atoms with Crippen LogP contribution in [-0.2, 0) is 23.8 Å². The van der Waals surface area contributed by atoms with E-state index in [2.05, 4.69) is 20.3 Å². The molecule has 2 heterocycles. The zero-order chi connectivity index (χ0) is 25.4. The summed E-state index contributed by atoms with van der Waals surface area (Å²) in [4.78, 5) is 49.8. The summed E-state index contributed by atoms with van der Waals surface area (Å²) < 4.78 is 21.6. The van der Waals surface area contributed by atoms with Crippen molar-refractivity contribution in [1.82, 2.24) is 14.8 Å². The number of aromatic nitrogens is 3. The number of nitrogen functional groups attached to an aromatic ring is 1. The largest absolute Gasteiger partial charge is 0.468 e. The summed E-state index contributed by atoms with van der Waals surface area (Å²) >= 11 is 0.995. The Hall–Kier alpha value is -3.55. The van der Waals surface area contributed by atoms with Crippen molar-refractivity contribution in [2.45, 2.75) is 45.3 Å². The molecular formula is C20H27N5O8S. The van der Waals surface area contributed by atoms with Crippen LogP contribution in [0.2, 0.25) is 0 Å². The summed E-state index contributed by atoms with van der Waals surface area (Å²) in [6, 6.07) is -0.929. The first-order valence-corrected chi connectivity index (χ1v) is 11.4. The molecule has 0 aliphatic carbocycles. The topological polar surface area (TPSA) is 178 Å². The van der Waals surface area contributed by atoms with Gasteiger partial charge in [0.15, 0.2) is 5.16 Å². The Labute approximate surface area is 199 Å². The van der Waals surface area contributed by atoms with Crippen molar-refractivity contribution in [3.63, 3.8) is 0 Å². The summed E-state index contributed by atoms with van der Waals surface area (Å²) in [5, 5.41) is 10.5. The first kappa shape index (κ1) is 26.7. The van der Waals surface area contributed by atoms with Gasteiger partial charge in [-0.1, -0.05) is 18.7 Å². The van der Waals surface area contributed by atoms with Crippen LogP contribution in [0.5, 0.6) is 0 Å². The molecule has 0 aliphatic heterocycles. The number of aryl methyl sites for hydroxylation is 1. The molecule has 2 aromatic heterocycles. The second-order valence-corrected chi connectivity index (χ2v) is 7.61. The van der Waals surface area contributed by atoms with Gasteiger partial charge < -0.3 is 24.4 Å². The number of rotatable bonds is 11. The van der Waals surface area contributed by atoms with Crippen LogP contribution in [0.4, 0.5) is 11.8 Å². The van der Waals surface area contributed by atoms with Gasteiger partial charge in [-0.15, -0.1) is 10.2 Å². The average molecular weight is 498 g/mol. The van der Waals surface area contributed by atoms with Gasteiger partial charge in [0.25, 0.3) is 0 Å². The van der Waals surface area contributed by atoms with Crippen molar-refractivity contribution in [2.24, 2.45) is 0 Å². The molecule has 34 heavy (non-hydrogen) atoms. The third-order valence-corrected chi connectivity index (χ3v) is 5.44. The maximum Gasteiger partial charge on any atom is 0.344 e. The molecule has 0 bridgehead atoms. The number of furan rings is 1. The highest BCUT2D eigenvalue weighted by Crippen LogP contribution is 2.31. The third-order valence-electron chi connectivity index (χ3n) is 4.52. The number of carbonyl (C=O) groups is 4. The molecule has 0 spiro atoms. The molecule has 0 aromatic carbocycles. The number of nitrogens with one attached hydrogen (secondary N) is 1. The van der Waals surface area contributed by atoms with E-state index in [-0.39, 0.29) is 59.3 Å². The first-order valence-electron chi connectivity index (χ1n) is 10.4. The highest BCUT2D eigenvalue weighted by Gasteiger charge is 2.33. The number of carbonyl (C=O) groups excluding carboxylic acids is 4. The predicted molar refractivity (Wildman–Crippen MR) is 120 cm³/mol. The normalized spacial score (nSPS) is 11.6. The van der Waals surface area contributed by atoms with Gasteiger partial charge in [-0.3, -0.25) is 19.5 Å². The number of methoxy groups -OCH3 is 1. The molecule has 0 radical (unpaired) electrons. The van der Waals surface area contributed by atoms with Crippen molar-refractivity contribution >= 4 is 47.4 Å². The molecule has 3 N–H and O–H groups in total. The van der Waals surface area contributed by atoms with Crippen molar-refractivity contribution < 1.29 is 37.8 Å². The van der Waals surface area contributed by atoms with Gasteiger partial charge in [0.05, 0.1) is 26.1 Å². The maximum atomic E-state index is 13.2. The third kappa shape index (κ3) is 5.87. The van der Waals surface area contributed by atoms with Crippen molar-refractivity contribution in [2.75, 3.05) is 37.1 Å². The number of esters is 3. The minimum absolute atomic E-state index is 0.0360. The van der Waals surface area contributed by atoms with Crippen LogP contribution in [0.1, 0.15) is 59.7 Å². The lowest BCUT2D eigenvalue weighted by Crippen LogP contribution is -2.28. The number of hydrogen-bond acceptors (Lipinski definition) is 12. The fourth-order valence-electron chi connectivity index (χ4n) is 3.02. The number of hydrogen-bond donors (Lipinski definition) is 2. The summed E-state index contributed by atoms with van der Waals surface area (Å²) in [7, 11) is 1.25. The Morgan fingerprint density at radius 1 is 1.09 bits per heavy atom. The summed E-state index contributed by atoms with van der Waals surface area (Å²) in [5.74, 6) is -3.08. The van der Waals surface area contributed by atoms with E-state index in [1.165, 1.54) is 18.6 Å². The predicted octanol–water partition coefficient (Wildman–Crippen LogP) is 1.97. The van der Waals surface area contributed by atoms with Crippen molar-refractivity contribution in [1.29, 1.82) is 0 Å². The quantitative estimate of drug-likeness (QED) is 0.262. The second-order valence-electron chi connectivity index (χ2n) is 6.67. The Bertz CT molecular complexity index is 1060. The fourth-order valence-corrected chi connectivity index (χ4v) is 3.85. The Morgan fingerprint density at radius 3 is 2.26 bits per heavy atom. The highest BCUT2D eigenvalue weighted by atomic mass is 32.2. The number of anilines is 2. The fraction of sp³-hybridized carbons (Fsp3) is 0.500. The van der Waals surface area contributed by atoms with Gasteiger partial charge in [-0.2, -0.15) is 0 Å². The minimum Gasteiger partial charge on any atom is -0.468 e. The van der Waals surface area contributed by atoms with E-state index in [1.54, 1.807) is 20.8 Å². The van der Waals surface area contributed by atoms with Crippen LogP contribution in [0.25, 0.3) is 0 Å². The van der Waals surface area contributed by atoms with Crippen LogP contribution < -0.4 is 11.1 Å². The number of amides is 1. The molecule has 13 nitrogen and oxygen atoms in total. The van der Waals surface area contributed by atoms with Crippen LogP contribution in [0.3, 0.4) is 0 Å². The Kier molecular flexibility index (Phi) is 9.47. The zero-order valence-corrected chi connectivity index (χ0v) is 20.3. The van der Waals surface area contributed by atoms with E-state index in [0.29, 0.717) is 0 Å². The van der Waals surface area contributed by atoms with Crippen molar-refractivity contribution in [3.8, 4) is 0 Å². The summed E-state index contributed by atoms with van der Waals surface area (Å²) in [6.45, 7) is 6.51. The molecule has 14 heteroatoms. The van der Waals surface area contributed by atoms with Crippen LogP contribution in [0.15, 0.2) is 9.57 Å². The molecule has 1 amide bonds. The standard InChI is InChI=1S/C20H27N5O8S/c1-6-11(25-19(21)23-24-20(25)34-9-12(26)30-5)15(27)22-16-14(18(29)32-8-3)13(10(4)33-16)17(28)31-7-2/h11H,6-9H2,1-5H3,(H2,21,23)(H,22,27). The van der Waals surface area contributed by atoms with Gasteiger partial charge in [-0.25, -0.2) is 9.59 Å². The van der Waals surface area contributed by atoms with E-state index < -0.39 is 29.9 Å². The Balaban J connectivity index is 2.42. The lowest BCUT2D eigenvalue weighted by atomic mass is 10.1. The lowest BCUT2D eigenvalue weighted by Gasteiger charge is -2.18. The molecule has 0 saturated carbocycles. The van der Waals surface area contributed by atoms with Gasteiger partial charge in [0, 0.05) is 0 Å². The van der Waals surface area contributed by atoms with Gasteiger partial charge in [-0.05, 0) is 27.2 Å². The number of thioether (sulfide) groups is 1. The molecule has 1 atom stereocenters. The number of ether oxygens (including phenoxy) is 3. The number of nitrogens with two attached hydrogens (primary N) is 1. The first-order chi connectivity index (χ1) is 16.2. The van der Waals surface area contributed by atoms with E-state index >= 15 is 0 Å². The van der Waals surface area contributed by atoms with Crippen LogP contribution in [-0.4, -0.2) is 64.7 Å². The molecule has 0 fully saturated rings. The van der Waals surface area contributed by atoms with Gasteiger partial charge >= 0.3 is 17.9 Å². The zero-order valence-electron chi connectivity index (χ0n) is 19.5. The molecule has 0 saturated heterocycles. The average Bonchev–Trinajstić information content (AvgIpc) is 3.32. The van der Waals surface area contributed by atoms with E-state index in [0.717, 1.165) is 11.8 Å². The monoisotopic (exact) mass is 497 g/mol. The lowest BCUT2D eigenvalue weighted by molar-refractivity contribution is -0.137. The van der Waals surface area contributed by atoms with Gasteiger partial charge in [0.1, 0.15) is 22.9 Å². The molecule has 0 aliphatic rings. The summed E-state index contributed by atoms with van der Waals surface area (Å²) in [6.07, 6.45) is 0.249. The summed E-state index contributed by atoms with van der Waals surface area (Å²) in [5.41, 5.74) is 5.54. The van der Waals surface area contributed by atoms with E-state index in [4.69, 9.17) is 19.6 Å². The molecule has 2 rings (SSSR count). The van der Waals surface area contributed by atoms with E-state index in [9.17, 15) is 19.2 Å². The van der Waals surface area contributed by atoms with Crippen LogP contribution in [0, 0.1) is 6.92 Å². The van der Waals surface area contributed by atoms with E-state index in [1.807, 2.05) is 0 Å². The maximum absolute atomic E-state index is 13.2. The second kappa shape index (κ2) is 12.1. The molecule has 1 unspecified atom stereocenters.